The molecule has 2 rings (SSSR count). The largest absolute Gasteiger partial charge is 0.455 e. The zero-order valence-corrected chi connectivity index (χ0v) is 7.04. The first kappa shape index (κ1) is 7.53. The molecule has 2 fully saturated rings. The van der Waals surface area contributed by atoms with Crippen molar-refractivity contribution in [3.63, 3.8) is 0 Å². The average Bonchev–Trinajstić information content (AvgIpc) is 2.17. The smallest absolute Gasteiger partial charge is 0.163 e. The van der Waals surface area contributed by atoms with Crippen molar-refractivity contribution < 1.29 is 9.47 Å². The highest BCUT2D eigenvalue weighted by molar-refractivity contribution is 4.91. The van der Waals surface area contributed by atoms with E-state index >= 15 is 0 Å². The van der Waals surface area contributed by atoms with Crippen LogP contribution in [0, 0.1) is 7.05 Å². The Hall–Kier alpha value is -0.120. The van der Waals surface area contributed by atoms with Crippen molar-refractivity contribution in [1.29, 1.82) is 0 Å². The lowest BCUT2D eigenvalue weighted by atomic mass is 10.3. The summed E-state index contributed by atoms with van der Waals surface area (Å²) in [5.41, 5.74) is 0. The predicted octanol–water partition coefficient (Wildman–Crippen LogP) is 0.614. The molecule has 0 aliphatic carbocycles. The SMILES string of the molecule is [CH2-]N1C[C@@H]2OC(C)(C)O[C@@H]2C1. The van der Waals surface area contributed by atoms with Gasteiger partial charge in [0.1, 0.15) is 0 Å². The lowest BCUT2D eigenvalue weighted by Crippen LogP contribution is -2.27. The minimum absolute atomic E-state index is 0.238. The molecule has 0 radical (unpaired) electrons. The van der Waals surface area contributed by atoms with Crippen molar-refractivity contribution in [2.45, 2.75) is 31.8 Å². The Morgan fingerprint density at radius 1 is 1.27 bits per heavy atom. The van der Waals surface area contributed by atoms with Crippen LogP contribution in [0.5, 0.6) is 0 Å². The van der Waals surface area contributed by atoms with Crippen molar-refractivity contribution in [1.82, 2.24) is 4.90 Å². The highest BCUT2D eigenvalue weighted by atomic mass is 16.8. The molecule has 2 heterocycles. The van der Waals surface area contributed by atoms with Crippen LogP contribution in [0.2, 0.25) is 0 Å². The van der Waals surface area contributed by atoms with Gasteiger partial charge in [0.05, 0.1) is 12.2 Å². The Kier molecular flexibility index (Phi) is 1.50. The number of ether oxygens (including phenoxy) is 2. The Morgan fingerprint density at radius 3 is 2.18 bits per heavy atom. The molecule has 11 heavy (non-hydrogen) atoms. The van der Waals surface area contributed by atoms with E-state index in [0.29, 0.717) is 0 Å². The molecule has 2 atom stereocenters. The minimum Gasteiger partial charge on any atom is -0.455 e. The molecule has 0 bridgehead atoms. The van der Waals surface area contributed by atoms with E-state index in [1.165, 1.54) is 0 Å². The number of nitrogens with zero attached hydrogens (tertiary/aromatic N) is 1. The highest BCUT2D eigenvalue weighted by Crippen LogP contribution is 2.32. The summed E-state index contributed by atoms with van der Waals surface area (Å²) in [5, 5.41) is 0. The van der Waals surface area contributed by atoms with Gasteiger partial charge in [0.2, 0.25) is 0 Å². The molecule has 0 aromatic rings. The average molecular weight is 156 g/mol. The van der Waals surface area contributed by atoms with Crippen molar-refractivity contribution in [2.75, 3.05) is 13.1 Å². The molecular formula is C8H14NO2-. The molecule has 0 unspecified atom stereocenters. The van der Waals surface area contributed by atoms with E-state index in [-0.39, 0.29) is 18.0 Å². The second-order valence-corrected chi connectivity index (χ2v) is 3.75. The van der Waals surface area contributed by atoms with Gasteiger partial charge in [-0.25, -0.2) is 0 Å². The summed E-state index contributed by atoms with van der Waals surface area (Å²) < 4.78 is 11.3. The summed E-state index contributed by atoms with van der Waals surface area (Å²) in [6.45, 7) is 5.71. The fraction of sp³-hybridized carbons (Fsp3) is 0.875. The van der Waals surface area contributed by atoms with E-state index in [9.17, 15) is 0 Å². The third-order valence-electron chi connectivity index (χ3n) is 2.16. The summed E-state index contributed by atoms with van der Waals surface area (Å²) in [6, 6.07) is 0. The predicted molar refractivity (Wildman–Crippen MR) is 40.8 cm³/mol. The molecule has 0 amide bonds. The van der Waals surface area contributed by atoms with Crippen molar-refractivity contribution in [3.8, 4) is 0 Å². The molecule has 0 N–H and O–H groups in total. The highest BCUT2D eigenvalue weighted by Gasteiger charge is 2.44. The lowest BCUT2D eigenvalue weighted by molar-refractivity contribution is -0.153. The Bertz CT molecular complexity index is 153. The maximum Gasteiger partial charge on any atom is 0.163 e. The topological polar surface area (TPSA) is 21.7 Å². The van der Waals surface area contributed by atoms with Crippen LogP contribution in [0.4, 0.5) is 0 Å². The minimum atomic E-state index is -0.378. The van der Waals surface area contributed by atoms with Crippen LogP contribution in [0.25, 0.3) is 0 Å². The summed E-state index contributed by atoms with van der Waals surface area (Å²) in [4.78, 5) is 1.99. The van der Waals surface area contributed by atoms with Crippen LogP contribution in [0.15, 0.2) is 0 Å². The van der Waals surface area contributed by atoms with Crippen LogP contribution in [0.1, 0.15) is 13.8 Å². The van der Waals surface area contributed by atoms with Gasteiger partial charge in [-0.2, -0.15) is 0 Å². The second-order valence-electron chi connectivity index (χ2n) is 3.75. The fourth-order valence-electron chi connectivity index (χ4n) is 1.80. The van der Waals surface area contributed by atoms with Gasteiger partial charge in [-0.05, 0) is 26.9 Å². The zero-order valence-electron chi connectivity index (χ0n) is 7.04. The molecule has 0 spiro atoms. The van der Waals surface area contributed by atoms with Gasteiger partial charge in [-0.15, -0.1) is 0 Å². The Labute approximate surface area is 67.3 Å². The van der Waals surface area contributed by atoms with Crippen molar-refractivity contribution in [3.05, 3.63) is 7.05 Å². The second kappa shape index (κ2) is 2.19. The van der Waals surface area contributed by atoms with Crippen LogP contribution in [-0.2, 0) is 9.47 Å². The number of hydrogen-bond acceptors (Lipinski definition) is 3. The maximum absolute atomic E-state index is 5.64. The van der Waals surface area contributed by atoms with Crippen LogP contribution in [-0.4, -0.2) is 36.0 Å². The fourth-order valence-corrected chi connectivity index (χ4v) is 1.80. The molecule has 2 aliphatic heterocycles. The summed E-state index contributed by atoms with van der Waals surface area (Å²) in [5.74, 6) is -0.378. The summed E-state index contributed by atoms with van der Waals surface area (Å²) >= 11 is 0. The van der Waals surface area contributed by atoms with Gasteiger partial charge in [0, 0.05) is 0 Å². The molecular weight excluding hydrogens is 142 g/mol. The Morgan fingerprint density at radius 2 is 1.73 bits per heavy atom. The van der Waals surface area contributed by atoms with Gasteiger partial charge >= 0.3 is 0 Å². The van der Waals surface area contributed by atoms with Crippen LogP contribution in [0.3, 0.4) is 0 Å². The quantitative estimate of drug-likeness (QED) is 0.480. The first-order chi connectivity index (χ1) is 5.07. The van der Waals surface area contributed by atoms with Gasteiger partial charge in [0.15, 0.2) is 5.79 Å². The number of rotatable bonds is 0. The molecule has 64 valence electrons. The van der Waals surface area contributed by atoms with Gasteiger partial charge in [-0.3, -0.25) is 7.05 Å². The number of hydrogen-bond donors (Lipinski definition) is 0. The van der Waals surface area contributed by atoms with Crippen LogP contribution < -0.4 is 0 Å². The first-order valence-corrected chi connectivity index (χ1v) is 3.98. The third-order valence-corrected chi connectivity index (χ3v) is 2.16. The van der Waals surface area contributed by atoms with Gasteiger partial charge < -0.3 is 14.4 Å². The van der Waals surface area contributed by atoms with Crippen LogP contribution >= 0.6 is 0 Å². The third kappa shape index (κ3) is 1.28. The van der Waals surface area contributed by atoms with Gasteiger partial charge in [0.25, 0.3) is 0 Å². The molecule has 3 heteroatoms. The molecule has 0 saturated carbocycles. The van der Waals surface area contributed by atoms with Crippen molar-refractivity contribution in [2.24, 2.45) is 0 Å². The monoisotopic (exact) mass is 156 g/mol. The molecule has 2 saturated heterocycles. The zero-order chi connectivity index (χ0) is 8.06. The summed E-state index contributed by atoms with van der Waals surface area (Å²) in [6.07, 6.45) is 0.477. The molecule has 0 aromatic carbocycles. The number of likely N-dealkylation sites (tertiary alicyclic amines) is 1. The number of fused-ring (bicyclic) bond motifs is 1. The van der Waals surface area contributed by atoms with E-state index in [0.717, 1.165) is 13.1 Å². The van der Waals surface area contributed by atoms with E-state index in [1.807, 2.05) is 18.7 Å². The summed E-state index contributed by atoms with van der Waals surface area (Å²) in [7, 11) is 3.84. The van der Waals surface area contributed by atoms with Crippen molar-refractivity contribution >= 4 is 0 Å². The maximum atomic E-state index is 5.64. The first-order valence-electron chi connectivity index (χ1n) is 3.98. The van der Waals surface area contributed by atoms with E-state index in [1.54, 1.807) is 0 Å². The standard InChI is InChI=1S/C8H14NO2/c1-8(2)10-6-4-9(3)5-7(6)11-8/h6-7H,3-5H2,1-2H3/q-1/t6-,7+. The normalized spacial score (nSPS) is 42.8. The molecule has 0 aromatic heterocycles. The molecule has 3 nitrogen and oxygen atoms in total. The lowest BCUT2D eigenvalue weighted by Gasteiger charge is -2.23. The van der Waals surface area contributed by atoms with E-state index in [4.69, 9.17) is 9.47 Å². The van der Waals surface area contributed by atoms with Gasteiger partial charge in [-0.1, -0.05) is 0 Å². The Balaban J connectivity index is 2.04. The molecule has 2 aliphatic rings. The van der Waals surface area contributed by atoms with E-state index in [2.05, 4.69) is 7.05 Å². The van der Waals surface area contributed by atoms with E-state index < -0.39 is 0 Å².